The molecule has 2 heterocycles. The van der Waals surface area contributed by atoms with Gasteiger partial charge in [-0.25, -0.2) is 4.98 Å². The zero-order valence-corrected chi connectivity index (χ0v) is 14.7. The lowest BCUT2D eigenvalue weighted by molar-refractivity contribution is -0.122. The van der Waals surface area contributed by atoms with E-state index < -0.39 is 0 Å². The van der Waals surface area contributed by atoms with Crippen molar-refractivity contribution in [3.05, 3.63) is 29.4 Å². The third-order valence-electron chi connectivity index (χ3n) is 3.96. The maximum Gasteiger partial charge on any atom is 0.290 e. The maximum absolute atomic E-state index is 12.0. The number of H-pyrrole nitrogens is 1. The molecule has 1 aromatic heterocycles. The number of hydrogen-bond acceptors (Lipinski definition) is 4. The molecule has 3 N–H and O–H groups in total. The minimum atomic E-state index is -0.250. The largest absolute Gasteiger partial charge is 0.483 e. The van der Waals surface area contributed by atoms with E-state index in [4.69, 9.17) is 9.90 Å². The van der Waals surface area contributed by atoms with Crippen molar-refractivity contribution in [2.45, 2.75) is 33.6 Å². The number of allylic oxidation sites excluding steroid dienone is 1. The van der Waals surface area contributed by atoms with E-state index in [2.05, 4.69) is 40.1 Å². The molecular weight excluding hydrogens is 308 g/mol. The van der Waals surface area contributed by atoms with Crippen molar-refractivity contribution >= 4 is 12.4 Å². The van der Waals surface area contributed by atoms with Crippen molar-refractivity contribution in [2.24, 2.45) is 5.92 Å². The van der Waals surface area contributed by atoms with Crippen LogP contribution < -0.4 is 5.32 Å². The van der Waals surface area contributed by atoms with Crippen LogP contribution in [-0.4, -0.2) is 58.5 Å². The highest BCUT2D eigenvalue weighted by Crippen LogP contribution is 2.16. The molecule has 0 bridgehead atoms. The summed E-state index contributed by atoms with van der Waals surface area (Å²) < 4.78 is 0. The predicted octanol–water partition coefficient (Wildman–Crippen LogP) is 1.83. The van der Waals surface area contributed by atoms with Gasteiger partial charge in [0.1, 0.15) is 5.69 Å². The second kappa shape index (κ2) is 10.6. The molecule has 1 aliphatic rings. The Hall–Kier alpha value is -2.15. The molecule has 0 spiro atoms. The molecule has 1 aromatic rings. The second-order valence-corrected chi connectivity index (χ2v) is 6.24. The highest BCUT2D eigenvalue weighted by molar-refractivity contribution is 5.93. The van der Waals surface area contributed by atoms with Crippen LogP contribution in [0.3, 0.4) is 0 Å². The average molecular weight is 336 g/mol. The maximum atomic E-state index is 12.0. The van der Waals surface area contributed by atoms with E-state index in [0.29, 0.717) is 11.6 Å². The molecule has 2 rings (SSSR count). The Balaban J connectivity index is 0.000000891. The number of hydrogen-bond donors (Lipinski definition) is 3. The van der Waals surface area contributed by atoms with Gasteiger partial charge in [0, 0.05) is 25.3 Å². The zero-order chi connectivity index (χ0) is 17.9. The molecule has 1 fully saturated rings. The van der Waals surface area contributed by atoms with Gasteiger partial charge in [0.05, 0.1) is 6.33 Å². The Morgan fingerprint density at radius 3 is 2.83 bits per heavy atom. The van der Waals surface area contributed by atoms with Crippen LogP contribution in [0.2, 0.25) is 0 Å². The van der Waals surface area contributed by atoms with Gasteiger partial charge in [0.15, 0.2) is 0 Å². The smallest absolute Gasteiger partial charge is 0.290 e. The van der Waals surface area contributed by atoms with E-state index in [1.54, 1.807) is 6.33 Å². The van der Waals surface area contributed by atoms with Gasteiger partial charge < -0.3 is 15.4 Å². The molecule has 1 atom stereocenters. The van der Waals surface area contributed by atoms with Crippen molar-refractivity contribution in [3.63, 3.8) is 0 Å². The van der Waals surface area contributed by atoms with Gasteiger partial charge in [0.2, 0.25) is 0 Å². The third-order valence-corrected chi connectivity index (χ3v) is 3.96. The summed E-state index contributed by atoms with van der Waals surface area (Å²) in [6.07, 6.45) is 6.23. The van der Waals surface area contributed by atoms with Crippen LogP contribution in [0.4, 0.5) is 0 Å². The fourth-order valence-electron chi connectivity index (χ4n) is 2.70. The summed E-state index contributed by atoms with van der Waals surface area (Å²) in [6, 6.07) is 0. The number of likely N-dealkylation sites (tertiary alicyclic amines) is 1. The van der Waals surface area contributed by atoms with Gasteiger partial charge in [-0.3, -0.25) is 14.5 Å². The highest BCUT2D eigenvalue weighted by Gasteiger charge is 2.20. The van der Waals surface area contributed by atoms with Crippen LogP contribution in [-0.2, 0) is 4.79 Å². The minimum Gasteiger partial charge on any atom is -0.483 e. The van der Waals surface area contributed by atoms with Gasteiger partial charge in [-0.1, -0.05) is 11.6 Å². The van der Waals surface area contributed by atoms with Gasteiger partial charge >= 0.3 is 0 Å². The van der Waals surface area contributed by atoms with Crippen molar-refractivity contribution in [3.8, 4) is 0 Å². The Morgan fingerprint density at radius 2 is 2.25 bits per heavy atom. The summed E-state index contributed by atoms with van der Waals surface area (Å²) in [7, 11) is 0. The molecule has 0 saturated carbocycles. The Labute approximate surface area is 143 Å². The number of carboxylic acid groups (broad SMARTS) is 1. The topological polar surface area (TPSA) is 98.3 Å². The first kappa shape index (κ1) is 19.9. The number of nitrogens with one attached hydrogen (secondary N) is 2. The molecule has 1 unspecified atom stereocenters. The number of nitrogens with zero attached hydrogens (tertiary/aromatic N) is 2. The first-order chi connectivity index (χ1) is 11.5. The molecule has 7 nitrogen and oxygen atoms in total. The molecule has 0 radical (unpaired) electrons. The Morgan fingerprint density at radius 1 is 1.54 bits per heavy atom. The van der Waals surface area contributed by atoms with E-state index in [9.17, 15) is 4.79 Å². The zero-order valence-electron chi connectivity index (χ0n) is 14.7. The fourth-order valence-corrected chi connectivity index (χ4v) is 2.70. The Kier molecular flexibility index (Phi) is 8.78. The third kappa shape index (κ3) is 6.95. The quantitative estimate of drug-likeness (QED) is 0.563. The molecule has 134 valence electrons. The fraction of sp³-hybridized carbons (Fsp3) is 0.588. The molecule has 0 aliphatic carbocycles. The van der Waals surface area contributed by atoms with Gasteiger partial charge in [-0.15, -0.1) is 0 Å². The standard InChI is InChI=1S/C16H26N4O.CH2O2/c1-12(2)6-8-20-7-4-5-14(10-20)9-17-16(21)15-13(3)18-11-19-15;2-1-3/h6,11,14H,4-5,7-10H2,1-3H3,(H,17,21)(H,18,19);1H,(H,2,3). The monoisotopic (exact) mass is 336 g/mol. The number of carbonyl (C=O) groups is 2. The van der Waals surface area contributed by atoms with E-state index in [-0.39, 0.29) is 12.4 Å². The first-order valence-corrected chi connectivity index (χ1v) is 8.19. The average Bonchev–Trinajstić information content (AvgIpc) is 2.98. The van der Waals surface area contributed by atoms with E-state index >= 15 is 0 Å². The number of rotatable bonds is 5. The lowest BCUT2D eigenvalue weighted by Crippen LogP contribution is -2.41. The summed E-state index contributed by atoms with van der Waals surface area (Å²) in [4.78, 5) is 29.9. The molecule has 0 aromatic carbocycles. The lowest BCUT2D eigenvalue weighted by atomic mass is 9.98. The van der Waals surface area contributed by atoms with E-state index in [1.165, 1.54) is 18.4 Å². The highest BCUT2D eigenvalue weighted by atomic mass is 16.3. The van der Waals surface area contributed by atoms with Crippen molar-refractivity contribution in [1.29, 1.82) is 0 Å². The summed E-state index contributed by atoms with van der Waals surface area (Å²) >= 11 is 0. The summed E-state index contributed by atoms with van der Waals surface area (Å²) in [5, 5.41) is 9.91. The van der Waals surface area contributed by atoms with Crippen LogP contribution in [0, 0.1) is 12.8 Å². The SMILES string of the molecule is CC(C)=CCN1CCCC(CNC(=O)c2nc[nH]c2C)C1.O=CO. The van der Waals surface area contributed by atoms with Crippen molar-refractivity contribution < 1.29 is 14.7 Å². The molecule has 24 heavy (non-hydrogen) atoms. The van der Waals surface area contributed by atoms with Crippen LogP contribution in [0.15, 0.2) is 18.0 Å². The molecule has 1 aliphatic heterocycles. The number of imidazole rings is 1. The van der Waals surface area contributed by atoms with Crippen LogP contribution in [0.5, 0.6) is 0 Å². The van der Waals surface area contributed by atoms with E-state index in [0.717, 1.165) is 31.9 Å². The number of aromatic nitrogens is 2. The minimum absolute atomic E-state index is 0.0739. The van der Waals surface area contributed by atoms with Gasteiger partial charge in [0.25, 0.3) is 12.4 Å². The summed E-state index contributed by atoms with van der Waals surface area (Å²) in [5.74, 6) is 0.461. The molecule has 1 saturated heterocycles. The van der Waals surface area contributed by atoms with Crippen LogP contribution in [0.25, 0.3) is 0 Å². The first-order valence-electron chi connectivity index (χ1n) is 8.19. The van der Waals surface area contributed by atoms with Crippen molar-refractivity contribution in [2.75, 3.05) is 26.2 Å². The van der Waals surface area contributed by atoms with E-state index in [1.807, 2.05) is 6.92 Å². The second-order valence-electron chi connectivity index (χ2n) is 6.24. The number of aryl methyl sites for hydroxylation is 1. The van der Waals surface area contributed by atoms with Crippen LogP contribution >= 0.6 is 0 Å². The number of aromatic amines is 1. The number of piperidine rings is 1. The Bertz CT molecular complexity index is 550. The van der Waals surface area contributed by atoms with Gasteiger partial charge in [-0.05, 0) is 46.1 Å². The molecule has 1 amide bonds. The van der Waals surface area contributed by atoms with Crippen molar-refractivity contribution in [1.82, 2.24) is 20.2 Å². The predicted molar refractivity (Wildman–Crippen MR) is 92.9 cm³/mol. The lowest BCUT2D eigenvalue weighted by Gasteiger charge is -2.32. The normalized spacial score (nSPS) is 17.4. The number of carbonyl (C=O) groups excluding carboxylic acids is 1. The summed E-state index contributed by atoms with van der Waals surface area (Å²) in [6.45, 7) is 9.85. The molecule has 7 heteroatoms. The van der Waals surface area contributed by atoms with Crippen LogP contribution in [0.1, 0.15) is 42.9 Å². The van der Waals surface area contributed by atoms with Gasteiger partial charge in [-0.2, -0.15) is 0 Å². The summed E-state index contributed by atoms with van der Waals surface area (Å²) in [5.41, 5.74) is 2.69. The number of amides is 1. The molecular formula is C17H28N4O3.